The summed E-state index contributed by atoms with van der Waals surface area (Å²) < 4.78 is 0. The predicted molar refractivity (Wildman–Crippen MR) is 64.3 cm³/mol. The van der Waals surface area contributed by atoms with Gasteiger partial charge in [-0.3, -0.25) is 0 Å². The van der Waals surface area contributed by atoms with E-state index < -0.39 is 0 Å². The second-order valence-corrected chi connectivity index (χ2v) is 3.71. The van der Waals surface area contributed by atoms with Crippen molar-refractivity contribution >= 4 is 0 Å². The van der Waals surface area contributed by atoms with Gasteiger partial charge in [0.2, 0.25) is 0 Å². The SMILES string of the molecule is C=C(C)C=CCC(CCC)NCCN. The Morgan fingerprint density at radius 3 is 2.79 bits per heavy atom. The van der Waals surface area contributed by atoms with Crippen LogP contribution in [0.1, 0.15) is 33.1 Å². The summed E-state index contributed by atoms with van der Waals surface area (Å²) in [5.41, 5.74) is 6.57. The van der Waals surface area contributed by atoms with Gasteiger partial charge in [0.05, 0.1) is 0 Å². The van der Waals surface area contributed by atoms with Crippen LogP contribution in [0, 0.1) is 0 Å². The van der Waals surface area contributed by atoms with E-state index in [0.29, 0.717) is 12.6 Å². The highest BCUT2D eigenvalue weighted by Gasteiger charge is 2.02. The summed E-state index contributed by atoms with van der Waals surface area (Å²) >= 11 is 0. The molecule has 0 saturated heterocycles. The van der Waals surface area contributed by atoms with E-state index in [0.717, 1.165) is 18.5 Å². The third kappa shape index (κ3) is 8.02. The van der Waals surface area contributed by atoms with Gasteiger partial charge in [-0.05, 0) is 19.8 Å². The van der Waals surface area contributed by atoms with Crippen molar-refractivity contribution in [3.05, 3.63) is 24.3 Å². The smallest absolute Gasteiger partial charge is 0.0102 e. The number of nitrogens with one attached hydrogen (secondary N) is 1. The summed E-state index contributed by atoms with van der Waals surface area (Å²) in [5.74, 6) is 0. The molecule has 0 saturated carbocycles. The molecular formula is C12H24N2. The lowest BCUT2D eigenvalue weighted by Gasteiger charge is -2.15. The van der Waals surface area contributed by atoms with Crippen molar-refractivity contribution in [1.82, 2.24) is 5.32 Å². The highest BCUT2D eigenvalue weighted by Crippen LogP contribution is 2.03. The van der Waals surface area contributed by atoms with Crippen LogP contribution < -0.4 is 11.1 Å². The standard InChI is InChI=1S/C12H24N2/c1-4-6-12(14-10-9-13)8-5-7-11(2)3/h5,7,12,14H,2,4,6,8-10,13H2,1,3H3. The van der Waals surface area contributed by atoms with Crippen molar-refractivity contribution in [3.8, 4) is 0 Å². The fraction of sp³-hybridized carbons (Fsp3) is 0.667. The summed E-state index contributed by atoms with van der Waals surface area (Å²) in [4.78, 5) is 0. The van der Waals surface area contributed by atoms with E-state index in [2.05, 4.69) is 31.0 Å². The molecule has 0 aromatic carbocycles. The van der Waals surface area contributed by atoms with Gasteiger partial charge in [-0.2, -0.15) is 0 Å². The summed E-state index contributed by atoms with van der Waals surface area (Å²) in [5, 5.41) is 3.44. The molecule has 0 spiro atoms. The van der Waals surface area contributed by atoms with Gasteiger partial charge in [0.15, 0.2) is 0 Å². The zero-order chi connectivity index (χ0) is 10.8. The van der Waals surface area contributed by atoms with Gasteiger partial charge < -0.3 is 11.1 Å². The number of hydrogen-bond donors (Lipinski definition) is 2. The molecule has 1 unspecified atom stereocenters. The maximum atomic E-state index is 5.46. The van der Waals surface area contributed by atoms with Crippen molar-refractivity contribution < 1.29 is 0 Å². The van der Waals surface area contributed by atoms with E-state index in [1.54, 1.807) is 0 Å². The van der Waals surface area contributed by atoms with Crippen LogP contribution in [0.4, 0.5) is 0 Å². The van der Waals surface area contributed by atoms with Gasteiger partial charge in [-0.15, -0.1) is 0 Å². The maximum Gasteiger partial charge on any atom is 0.0102 e. The lowest BCUT2D eigenvalue weighted by molar-refractivity contribution is 0.485. The van der Waals surface area contributed by atoms with Gasteiger partial charge in [0.25, 0.3) is 0 Å². The van der Waals surface area contributed by atoms with Crippen LogP contribution in [0.5, 0.6) is 0 Å². The molecule has 0 fully saturated rings. The Balaban J connectivity index is 3.77. The average Bonchev–Trinajstić information content (AvgIpc) is 2.13. The molecule has 0 amide bonds. The van der Waals surface area contributed by atoms with Crippen molar-refractivity contribution in [2.75, 3.05) is 13.1 Å². The Morgan fingerprint density at radius 1 is 1.57 bits per heavy atom. The first kappa shape index (κ1) is 13.4. The Morgan fingerprint density at radius 2 is 2.29 bits per heavy atom. The molecule has 0 aromatic heterocycles. The number of hydrogen-bond acceptors (Lipinski definition) is 2. The molecule has 14 heavy (non-hydrogen) atoms. The van der Waals surface area contributed by atoms with E-state index in [9.17, 15) is 0 Å². The van der Waals surface area contributed by atoms with Crippen LogP contribution in [0.15, 0.2) is 24.3 Å². The number of allylic oxidation sites excluding steroid dienone is 2. The van der Waals surface area contributed by atoms with Crippen LogP contribution >= 0.6 is 0 Å². The van der Waals surface area contributed by atoms with Crippen LogP contribution in [-0.2, 0) is 0 Å². The quantitative estimate of drug-likeness (QED) is 0.584. The van der Waals surface area contributed by atoms with E-state index in [-0.39, 0.29) is 0 Å². The predicted octanol–water partition coefficient (Wildman–Crippen LogP) is 2.23. The summed E-state index contributed by atoms with van der Waals surface area (Å²) in [6.45, 7) is 9.67. The third-order valence-corrected chi connectivity index (χ3v) is 2.04. The van der Waals surface area contributed by atoms with E-state index in [4.69, 9.17) is 5.73 Å². The van der Waals surface area contributed by atoms with Crippen molar-refractivity contribution in [2.24, 2.45) is 5.73 Å². The summed E-state index contributed by atoms with van der Waals surface area (Å²) in [6, 6.07) is 0.569. The lowest BCUT2D eigenvalue weighted by atomic mass is 10.1. The molecule has 0 aliphatic rings. The second kappa shape index (κ2) is 8.97. The van der Waals surface area contributed by atoms with Gasteiger partial charge in [-0.1, -0.05) is 37.6 Å². The highest BCUT2D eigenvalue weighted by atomic mass is 14.9. The molecule has 0 heterocycles. The van der Waals surface area contributed by atoms with E-state index in [1.165, 1.54) is 12.8 Å². The van der Waals surface area contributed by atoms with Crippen LogP contribution in [0.2, 0.25) is 0 Å². The van der Waals surface area contributed by atoms with Crippen molar-refractivity contribution in [2.45, 2.75) is 39.2 Å². The van der Waals surface area contributed by atoms with Gasteiger partial charge >= 0.3 is 0 Å². The molecule has 2 nitrogen and oxygen atoms in total. The minimum atomic E-state index is 0.569. The van der Waals surface area contributed by atoms with Crippen LogP contribution in [-0.4, -0.2) is 19.1 Å². The van der Waals surface area contributed by atoms with Crippen LogP contribution in [0.25, 0.3) is 0 Å². The molecule has 1 atom stereocenters. The molecular weight excluding hydrogens is 172 g/mol. The average molecular weight is 196 g/mol. The summed E-state index contributed by atoms with van der Waals surface area (Å²) in [6.07, 6.45) is 7.75. The normalized spacial score (nSPS) is 13.4. The fourth-order valence-electron chi connectivity index (χ4n) is 1.37. The topological polar surface area (TPSA) is 38.0 Å². The van der Waals surface area contributed by atoms with E-state index in [1.807, 2.05) is 6.92 Å². The monoisotopic (exact) mass is 196 g/mol. The third-order valence-electron chi connectivity index (χ3n) is 2.04. The van der Waals surface area contributed by atoms with Gasteiger partial charge in [0, 0.05) is 19.1 Å². The Kier molecular flexibility index (Phi) is 8.59. The second-order valence-electron chi connectivity index (χ2n) is 3.71. The first-order chi connectivity index (χ1) is 6.70. The molecule has 82 valence electrons. The Labute approximate surface area is 88.3 Å². The summed E-state index contributed by atoms with van der Waals surface area (Å²) in [7, 11) is 0. The van der Waals surface area contributed by atoms with Crippen molar-refractivity contribution in [3.63, 3.8) is 0 Å². The molecule has 0 aromatic rings. The van der Waals surface area contributed by atoms with Crippen molar-refractivity contribution in [1.29, 1.82) is 0 Å². The lowest BCUT2D eigenvalue weighted by Crippen LogP contribution is -2.32. The largest absolute Gasteiger partial charge is 0.329 e. The number of nitrogens with two attached hydrogens (primary N) is 1. The Bertz CT molecular complexity index is 173. The highest BCUT2D eigenvalue weighted by molar-refractivity contribution is 5.11. The minimum Gasteiger partial charge on any atom is -0.329 e. The molecule has 0 rings (SSSR count). The van der Waals surface area contributed by atoms with E-state index >= 15 is 0 Å². The van der Waals surface area contributed by atoms with Gasteiger partial charge in [-0.25, -0.2) is 0 Å². The fourth-order valence-corrected chi connectivity index (χ4v) is 1.37. The molecule has 2 heteroatoms. The van der Waals surface area contributed by atoms with Gasteiger partial charge in [0.1, 0.15) is 0 Å². The number of rotatable bonds is 8. The minimum absolute atomic E-state index is 0.569. The molecule has 0 aliphatic carbocycles. The zero-order valence-electron chi connectivity index (χ0n) is 9.55. The molecule has 0 radical (unpaired) electrons. The zero-order valence-corrected chi connectivity index (χ0v) is 9.55. The first-order valence-corrected chi connectivity index (χ1v) is 5.46. The molecule has 3 N–H and O–H groups in total. The molecule has 0 aliphatic heterocycles. The first-order valence-electron chi connectivity index (χ1n) is 5.46. The maximum absolute atomic E-state index is 5.46. The van der Waals surface area contributed by atoms with Crippen LogP contribution in [0.3, 0.4) is 0 Å². The molecule has 0 bridgehead atoms. The Hall–Kier alpha value is -0.600.